The topological polar surface area (TPSA) is 83.9 Å². The van der Waals surface area contributed by atoms with E-state index < -0.39 is 28.1 Å². The summed E-state index contributed by atoms with van der Waals surface area (Å²) in [5.41, 5.74) is 1.61. The molecule has 10 heteroatoms. The van der Waals surface area contributed by atoms with Gasteiger partial charge < -0.3 is 9.84 Å². The number of rotatable bonds is 8. The molecule has 152 valence electrons. The van der Waals surface area contributed by atoms with Crippen molar-refractivity contribution in [3.8, 4) is 5.75 Å². The van der Waals surface area contributed by atoms with Gasteiger partial charge in [-0.1, -0.05) is 36.4 Å². The van der Waals surface area contributed by atoms with Gasteiger partial charge >= 0.3 is 12.3 Å². The van der Waals surface area contributed by atoms with E-state index in [0.29, 0.717) is 16.7 Å². The van der Waals surface area contributed by atoms with Crippen LogP contribution in [0.4, 0.5) is 13.2 Å². The van der Waals surface area contributed by atoms with E-state index in [1.807, 2.05) is 0 Å². The second-order valence-corrected chi connectivity index (χ2v) is 8.10. The van der Waals surface area contributed by atoms with Crippen molar-refractivity contribution in [2.24, 2.45) is 0 Å². The highest BCUT2D eigenvalue weighted by atomic mass is 32.2. The third-order valence-corrected chi connectivity index (χ3v) is 4.89. The number of benzene rings is 2. The van der Waals surface area contributed by atoms with Crippen molar-refractivity contribution in [1.29, 1.82) is 0 Å². The van der Waals surface area contributed by atoms with Crippen LogP contribution in [-0.4, -0.2) is 36.4 Å². The molecule has 0 amide bonds. The molecule has 0 aliphatic rings. The molecule has 0 aromatic heterocycles. The zero-order valence-corrected chi connectivity index (χ0v) is 15.6. The zero-order chi connectivity index (χ0) is 20.9. The number of carboxylic acids is 1. The Bertz CT molecular complexity index is 927. The van der Waals surface area contributed by atoms with Gasteiger partial charge in [0.25, 0.3) is 0 Å². The van der Waals surface area contributed by atoms with Crippen LogP contribution in [0.1, 0.15) is 16.7 Å². The van der Waals surface area contributed by atoms with Crippen LogP contribution in [0.25, 0.3) is 0 Å². The molecule has 0 aliphatic carbocycles. The van der Waals surface area contributed by atoms with Crippen LogP contribution in [-0.2, 0) is 34.3 Å². The van der Waals surface area contributed by atoms with Gasteiger partial charge in [0.2, 0.25) is 10.0 Å². The normalized spacial score (nSPS) is 12.2. The number of halogens is 3. The van der Waals surface area contributed by atoms with Crippen molar-refractivity contribution in [1.82, 2.24) is 4.31 Å². The van der Waals surface area contributed by atoms with Gasteiger partial charge in [0.1, 0.15) is 5.75 Å². The minimum Gasteiger partial charge on any atom is -0.481 e. The van der Waals surface area contributed by atoms with Gasteiger partial charge in [-0.25, -0.2) is 8.42 Å². The molecule has 0 bridgehead atoms. The standard InChI is InChI=1S/C18H18F3NO5S/c1-28(25,26)22(12-15-4-2-3-14(9-15)10-17(23)24)11-13-5-7-16(8-6-13)27-18(19,20)21/h2-9H,10-12H2,1H3,(H,23,24). The van der Waals surface area contributed by atoms with Gasteiger partial charge in [-0.3, -0.25) is 4.79 Å². The van der Waals surface area contributed by atoms with Crippen molar-refractivity contribution >= 4 is 16.0 Å². The Morgan fingerprint density at radius 1 is 1.04 bits per heavy atom. The number of hydrogen-bond donors (Lipinski definition) is 1. The van der Waals surface area contributed by atoms with Crippen LogP contribution < -0.4 is 4.74 Å². The second kappa shape index (κ2) is 8.61. The van der Waals surface area contributed by atoms with Gasteiger partial charge in [-0.15, -0.1) is 13.2 Å². The van der Waals surface area contributed by atoms with Crippen molar-refractivity contribution < 1.29 is 36.2 Å². The summed E-state index contributed by atoms with van der Waals surface area (Å²) in [6.07, 6.45) is -3.97. The molecule has 0 aliphatic heterocycles. The highest BCUT2D eigenvalue weighted by Crippen LogP contribution is 2.23. The van der Waals surface area contributed by atoms with Crippen LogP contribution >= 0.6 is 0 Å². The van der Waals surface area contributed by atoms with E-state index in [2.05, 4.69) is 4.74 Å². The Balaban J connectivity index is 2.16. The summed E-state index contributed by atoms with van der Waals surface area (Å²) < 4.78 is 65.8. The first-order chi connectivity index (χ1) is 12.9. The third kappa shape index (κ3) is 7.20. The Labute approximate surface area is 160 Å². The van der Waals surface area contributed by atoms with Crippen LogP contribution in [0, 0.1) is 0 Å². The van der Waals surface area contributed by atoms with Crippen LogP contribution in [0.2, 0.25) is 0 Å². The molecule has 2 aromatic rings. The number of nitrogens with zero attached hydrogens (tertiary/aromatic N) is 1. The van der Waals surface area contributed by atoms with Gasteiger partial charge in [-0.2, -0.15) is 4.31 Å². The monoisotopic (exact) mass is 417 g/mol. The molecule has 2 aromatic carbocycles. The zero-order valence-electron chi connectivity index (χ0n) is 14.8. The molecule has 1 N–H and O–H groups in total. The summed E-state index contributed by atoms with van der Waals surface area (Å²) >= 11 is 0. The fraction of sp³-hybridized carbons (Fsp3) is 0.278. The van der Waals surface area contributed by atoms with E-state index in [-0.39, 0.29) is 19.5 Å². The highest BCUT2D eigenvalue weighted by Gasteiger charge is 2.31. The summed E-state index contributed by atoms with van der Waals surface area (Å²) in [5, 5.41) is 8.87. The lowest BCUT2D eigenvalue weighted by atomic mass is 10.1. The molecule has 0 saturated heterocycles. The molecule has 6 nitrogen and oxygen atoms in total. The molecule has 0 atom stereocenters. The van der Waals surface area contributed by atoms with Crippen LogP contribution in [0.5, 0.6) is 5.75 Å². The lowest BCUT2D eigenvalue weighted by molar-refractivity contribution is -0.274. The molecule has 0 heterocycles. The summed E-state index contributed by atoms with van der Waals surface area (Å²) in [6.45, 7) is -0.0681. The molecular weight excluding hydrogens is 399 g/mol. The summed E-state index contributed by atoms with van der Waals surface area (Å²) in [5.74, 6) is -1.40. The summed E-state index contributed by atoms with van der Waals surface area (Å²) in [6, 6.07) is 11.4. The van der Waals surface area contributed by atoms with E-state index in [0.717, 1.165) is 22.7 Å². The fourth-order valence-electron chi connectivity index (χ4n) is 2.51. The minimum absolute atomic E-state index is 0.00685. The van der Waals surface area contributed by atoms with Crippen LogP contribution in [0.15, 0.2) is 48.5 Å². The van der Waals surface area contributed by atoms with Crippen molar-refractivity contribution in [3.63, 3.8) is 0 Å². The highest BCUT2D eigenvalue weighted by molar-refractivity contribution is 7.88. The molecule has 2 rings (SSSR count). The maximum atomic E-state index is 12.2. The number of aliphatic carboxylic acids is 1. The predicted octanol–water partition coefficient (Wildman–Crippen LogP) is 3.17. The smallest absolute Gasteiger partial charge is 0.481 e. The minimum atomic E-state index is -4.80. The van der Waals surface area contributed by atoms with Crippen molar-refractivity contribution in [3.05, 3.63) is 65.2 Å². The molecular formula is C18H18F3NO5S. The van der Waals surface area contributed by atoms with E-state index in [9.17, 15) is 26.4 Å². The number of alkyl halides is 3. The molecule has 0 fully saturated rings. The van der Waals surface area contributed by atoms with Gasteiger partial charge in [0.15, 0.2) is 0 Å². The van der Waals surface area contributed by atoms with Gasteiger partial charge in [0, 0.05) is 13.1 Å². The molecule has 28 heavy (non-hydrogen) atoms. The Kier molecular flexibility index (Phi) is 6.68. The van der Waals surface area contributed by atoms with E-state index in [1.165, 1.54) is 12.1 Å². The average Bonchev–Trinajstić information content (AvgIpc) is 2.53. The maximum absolute atomic E-state index is 12.2. The SMILES string of the molecule is CS(=O)(=O)N(Cc1ccc(OC(F)(F)F)cc1)Cc1cccc(CC(=O)O)c1. The quantitative estimate of drug-likeness (QED) is 0.713. The summed E-state index contributed by atoms with van der Waals surface area (Å²) in [4.78, 5) is 10.8. The first kappa shape index (κ1) is 21.7. The van der Waals surface area contributed by atoms with E-state index in [4.69, 9.17) is 5.11 Å². The molecule has 0 unspecified atom stereocenters. The van der Waals surface area contributed by atoms with E-state index >= 15 is 0 Å². The Morgan fingerprint density at radius 2 is 1.61 bits per heavy atom. The first-order valence-electron chi connectivity index (χ1n) is 8.02. The molecule has 0 radical (unpaired) electrons. The predicted molar refractivity (Wildman–Crippen MR) is 95.0 cm³/mol. The number of carboxylic acid groups (broad SMARTS) is 1. The largest absolute Gasteiger partial charge is 0.573 e. The lowest BCUT2D eigenvalue weighted by Crippen LogP contribution is -2.29. The second-order valence-electron chi connectivity index (χ2n) is 6.11. The fourth-order valence-corrected chi connectivity index (χ4v) is 3.27. The maximum Gasteiger partial charge on any atom is 0.573 e. The third-order valence-electron chi connectivity index (χ3n) is 3.69. The Morgan fingerprint density at radius 3 is 2.14 bits per heavy atom. The van der Waals surface area contributed by atoms with Crippen LogP contribution in [0.3, 0.4) is 0 Å². The van der Waals surface area contributed by atoms with Crippen molar-refractivity contribution in [2.75, 3.05) is 6.26 Å². The van der Waals surface area contributed by atoms with Gasteiger partial charge in [0.05, 0.1) is 12.7 Å². The number of ether oxygens (including phenoxy) is 1. The van der Waals surface area contributed by atoms with Gasteiger partial charge in [-0.05, 0) is 28.8 Å². The summed E-state index contributed by atoms with van der Waals surface area (Å²) in [7, 11) is -3.63. The lowest BCUT2D eigenvalue weighted by Gasteiger charge is -2.21. The Hall–Kier alpha value is -2.59. The number of hydrogen-bond acceptors (Lipinski definition) is 4. The van der Waals surface area contributed by atoms with Crippen molar-refractivity contribution in [2.45, 2.75) is 25.9 Å². The number of carbonyl (C=O) groups is 1. The number of sulfonamides is 1. The molecule has 0 saturated carbocycles. The van der Waals surface area contributed by atoms with E-state index in [1.54, 1.807) is 24.3 Å². The first-order valence-corrected chi connectivity index (χ1v) is 9.86. The molecule has 0 spiro atoms. The average molecular weight is 417 g/mol.